The van der Waals surface area contributed by atoms with Crippen molar-refractivity contribution in [2.45, 2.75) is 25.8 Å². The Morgan fingerprint density at radius 3 is 2.58 bits per heavy atom. The minimum absolute atomic E-state index is 0.0698. The number of ether oxygens (including phenoxy) is 1. The number of nitrogens with zero attached hydrogens (tertiary/aromatic N) is 2. The molecule has 1 aromatic rings. The fraction of sp³-hybridized carbons (Fsp3) is 0.467. The van der Waals surface area contributed by atoms with Crippen LogP contribution in [0.15, 0.2) is 24.3 Å². The number of carbonyl (C=O) groups excluding carboxylic acids is 1. The van der Waals surface area contributed by atoms with E-state index in [4.69, 9.17) is 4.74 Å². The van der Waals surface area contributed by atoms with Gasteiger partial charge in [0.2, 0.25) is 5.91 Å². The molecular formula is C15H18N2O2. The molecule has 19 heavy (non-hydrogen) atoms. The van der Waals surface area contributed by atoms with E-state index in [0.717, 1.165) is 24.2 Å². The number of amides is 1. The molecule has 1 aliphatic rings. The molecule has 4 heteroatoms. The molecule has 0 aliphatic heterocycles. The second-order valence-corrected chi connectivity index (χ2v) is 4.76. The molecule has 1 amide bonds. The third kappa shape index (κ3) is 3.05. The topological polar surface area (TPSA) is 53.3 Å². The lowest BCUT2D eigenvalue weighted by Gasteiger charge is -2.23. The highest BCUT2D eigenvalue weighted by Gasteiger charge is 2.34. The highest BCUT2D eigenvalue weighted by Crippen LogP contribution is 2.33. The summed E-state index contributed by atoms with van der Waals surface area (Å²) < 4.78 is 5.37. The van der Waals surface area contributed by atoms with Gasteiger partial charge in [-0.1, -0.05) is 12.1 Å². The van der Waals surface area contributed by atoms with Gasteiger partial charge in [-0.25, -0.2) is 0 Å². The summed E-state index contributed by atoms with van der Waals surface area (Å²) in [6.45, 7) is 2.54. The first-order valence-corrected chi connectivity index (χ1v) is 6.56. The lowest BCUT2D eigenvalue weighted by Crippen LogP contribution is -2.31. The maximum absolute atomic E-state index is 12.0. The number of nitriles is 1. The molecule has 0 radical (unpaired) electrons. The molecule has 1 aromatic carbocycles. The third-order valence-electron chi connectivity index (χ3n) is 3.29. The van der Waals surface area contributed by atoms with Gasteiger partial charge in [-0.05, 0) is 37.5 Å². The summed E-state index contributed by atoms with van der Waals surface area (Å²) in [4.78, 5) is 13.5. The zero-order valence-corrected chi connectivity index (χ0v) is 11.3. The summed E-state index contributed by atoms with van der Waals surface area (Å²) in [7, 11) is 1.70. The van der Waals surface area contributed by atoms with Crippen molar-refractivity contribution in [2.24, 2.45) is 5.92 Å². The minimum atomic E-state index is -0.524. The molecule has 0 heterocycles. The van der Waals surface area contributed by atoms with Crippen molar-refractivity contribution in [2.75, 3.05) is 13.7 Å². The van der Waals surface area contributed by atoms with E-state index in [1.54, 1.807) is 11.9 Å². The summed E-state index contributed by atoms with van der Waals surface area (Å²) >= 11 is 0. The Hall–Kier alpha value is -2.02. The molecule has 0 N–H and O–H groups in total. The van der Waals surface area contributed by atoms with Crippen LogP contribution in [0.2, 0.25) is 0 Å². The lowest BCUT2D eigenvalue weighted by molar-refractivity contribution is -0.132. The van der Waals surface area contributed by atoms with E-state index in [0.29, 0.717) is 6.61 Å². The first-order valence-electron chi connectivity index (χ1n) is 6.56. The van der Waals surface area contributed by atoms with Crippen LogP contribution in [0.25, 0.3) is 0 Å². The van der Waals surface area contributed by atoms with Crippen LogP contribution in [0.3, 0.4) is 0 Å². The predicted octanol–water partition coefficient (Wildman–Crippen LogP) is 2.52. The summed E-state index contributed by atoms with van der Waals surface area (Å²) in [6.07, 6.45) is 1.90. The van der Waals surface area contributed by atoms with Crippen LogP contribution in [0.5, 0.6) is 5.75 Å². The SMILES string of the molecule is CCOc1ccc(C(C#N)N(C)C(=O)C2CC2)cc1. The first kappa shape index (κ1) is 13.4. The van der Waals surface area contributed by atoms with Gasteiger partial charge in [-0.15, -0.1) is 0 Å². The van der Waals surface area contributed by atoms with Crippen LogP contribution in [0.1, 0.15) is 31.4 Å². The van der Waals surface area contributed by atoms with E-state index in [1.807, 2.05) is 31.2 Å². The number of rotatable bonds is 5. The van der Waals surface area contributed by atoms with Gasteiger partial charge in [-0.3, -0.25) is 4.79 Å². The Bertz CT molecular complexity index is 486. The molecule has 1 fully saturated rings. The molecule has 1 unspecified atom stereocenters. The monoisotopic (exact) mass is 258 g/mol. The molecule has 1 aliphatic carbocycles. The average molecular weight is 258 g/mol. The van der Waals surface area contributed by atoms with Gasteiger partial charge in [0.15, 0.2) is 0 Å². The van der Waals surface area contributed by atoms with Gasteiger partial charge in [0.1, 0.15) is 11.8 Å². The summed E-state index contributed by atoms with van der Waals surface area (Å²) in [5, 5.41) is 9.30. The highest BCUT2D eigenvalue weighted by atomic mass is 16.5. The molecular weight excluding hydrogens is 240 g/mol. The lowest BCUT2D eigenvalue weighted by atomic mass is 10.1. The predicted molar refractivity (Wildman–Crippen MR) is 71.5 cm³/mol. The zero-order valence-electron chi connectivity index (χ0n) is 11.3. The molecule has 4 nitrogen and oxygen atoms in total. The maximum atomic E-state index is 12.0. The van der Waals surface area contributed by atoms with E-state index >= 15 is 0 Å². The normalized spacial score (nSPS) is 15.4. The molecule has 2 rings (SSSR count). The fourth-order valence-corrected chi connectivity index (χ4v) is 2.04. The molecule has 0 aromatic heterocycles. The van der Waals surface area contributed by atoms with Gasteiger partial charge < -0.3 is 9.64 Å². The third-order valence-corrected chi connectivity index (χ3v) is 3.29. The van der Waals surface area contributed by atoms with E-state index in [9.17, 15) is 10.1 Å². The van der Waals surface area contributed by atoms with Crippen molar-refractivity contribution in [1.82, 2.24) is 4.90 Å². The van der Waals surface area contributed by atoms with Crippen molar-refractivity contribution in [3.05, 3.63) is 29.8 Å². The fourth-order valence-electron chi connectivity index (χ4n) is 2.04. The molecule has 0 spiro atoms. The van der Waals surface area contributed by atoms with E-state index < -0.39 is 6.04 Å². The van der Waals surface area contributed by atoms with E-state index in [-0.39, 0.29) is 11.8 Å². The van der Waals surface area contributed by atoms with Crippen molar-refractivity contribution in [1.29, 1.82) is 5.26 Å². The van der Waals surface area contributed by atoms with Gasteiger partial charge in [0.05, 0.1) is 12.7 Å². The molecule has 100 valence electrons. The van der Waals surface area contributed by atoms with Crippen molar-refractivity contribution in [3.8, 4) is 11.8 Å². The number of hydrogen-bond donors (Lipinski definition) is 0. The average Bonchev–Trinajstić information content (AvgIpc) is 3.25. The second kappa shape index (κ2) is 5.75. The van der Waals surface area contributed by atoms with Crippen LogP contribution in [-0.4, -0.2) is 24.5 Å². The number of benzene rings is 1. The van der Waals surface area contributed by atoms with Gasteiger partial charge in [-0.2, -0.15) is 5.26 Å². The van der Waals surface area contributed by atoms with E-state index in [2.05, 4.69) is 6.07 Å². The quantitative estimate of drug-likeness (QED) is 0.815. The minimum Gasteiger partial charge on any atom is -0.494 e. The Labute approximate surface area is 113 Å². The second-order valence-electron chi connectivity index (χ2n) is 4.76. The van der Waals surface area contributed by atoms with Gasteiger partial charge in [0, 0.05) is 13.0 Å². The van der Waals surface area contributed by atoms with E-state index in [1.165, 1.54) is 0 Å². The highest BCUT2D eigenvalue weighted by molar-refractivity contribution is 5.81. The molecule has 0 bridgehead atoms. The number of hydrogen-bond acceptors (Lipinski definition) is 3. The zero-order chi connectivity index (χ0) is 13.8. The summed E-state index contributed by atoms with van der Waals surface area (Å²) in [5.74, 6) is 0.975. The van der Waals surface area contributed by atoms with Crippen molar-refractivity contribution < 1.29 is 9.53 Å². The van der Waals surface area contributed by atoms with Crippen molar-refractivity contribution in [3.63, 3.8) is 0 Å². The Kier molecular flexibility index (Phi) is 4.06. The molecule has 1 saturated carbocycles. The Balaban J connectivity index is 2.12. The molecule has 0 saturated heterocycles. The Morgan fingerprint density at radius 2 is 2.11 bits per heavy atom. The largest absolute Gasteiger partial charge is 0.494 e. The standard InChI is InChI=1S/C15H18N2O2/c1-3-19-13-8-6-11(7-9-13)14(10-16)17(2)15(18)12-4-5-12/h6-9,12,14H,3-5H2,1-2H3. The van der Waals surface area contributed by atoms with Crippen LogP contribution < -0.4 is 4.74 Å². The van der Waals surface area contributed by atoms with Gasteiger partial charge in [0.25, 0.3) is 0 Å². The smallest absolute Gasteiger partial charge is 0.226 e. The van der Waals surface area contributed by atoms with Crippen LogP contribution in [-0.2, 0) is 4.79 Å². The van der Waals surface area contributed by atoms with Crippen molar-refractivity contribution >= 4 is 5.91 Å². The molecule has 1 atom stereocenters. The Morgan fingerprint density at radius 1 is 1.47 bits per heavy atom. The van der Waals surface area contributed by atoms with Crippen LogP contribution in [0.4, 0.5) is 0 Å². The van der Waals surface area contributed by atoms with Gasteiger partial charge >= 0.3 is 0 Å². The summed E-state index contributed by atoms with van der Waals surface area (Å²) in [5.41, 5.74) is 0.822. The van der Waals surface area contributed by atoms with Crippen LogP contribution >= 0.6 is 0 Å². The number of carbonyl (C=O) groups is 1. The maximum Gasteiger partial charge on any atom is 0.226 e. The summed E-state index contributed by atoms with van der Waals surface area (Å²) in [6, 6.07) is 9.02. The first-order chi connectivity index (χ1) is 9.17. The van der Waals surface area contributed by atoms with Crippen LogP contribution in [0, 0.1) is 17.2 Å².